The van der Waals surface area contributed by atoms with Crippen LogP contribution in [0.15, 0.2) is 11.6 Å². The van der Waals surface area contributed by atoms with E-state index < -0.39 is 12.1 Å². The van der Waals surface area contributed by atoms with Crippen molar-refractivity contribution in [1.29, 1.82) is 0 Å². The van der Waals surface area contributed by atoms with E-state index in [2.05, 4.69) is 44.8 Å². The molecule has 0 saturated carbocycles. The highest BCUT2D eigenvalue weighted by Crippen LogP contribution is 2.50. The van der Waals surface area contributed by atoms with Gasteiger partial charge >= 0.3 is 12.1 Å². The molecule has 6 nitrogen and oxygen atoms in total. The molecule has 2 N–H and O–H groups in total. The van der Waals surface area contributed by atoms with Gasteiger partial charge in [0.15, 0.2) is 0 Å². The molecule has 0 aromatic heterocycles. The first-order chi connectivity index (χ1) is 14.5. The molecule has 1 heterocycles. The lowest BCUT2D eigenvalue weighted by Crippen LogP contribution is -2.36. The van der Waals surface area contributed by atoms with Gasteiger partial charge in [-0.2, -0.15) is 0 Å². The van der Waals surface area contributed by atoms with E-state index in [1.54, 1.807) is 13.0 Å². The van der Waals surface area contributed by atoms with Crippen molar-refractivity contribution in [3.05, 3.63) is 11.6 Å². The summed E-state index contributed by atoms with van der Waals surface area (Å²) >= 11 is 0. The highest BCUT2D eigenvalue weighted by atomic mass is 16.5. The van der Waals surface area contributed by atoms with Crippen LogP contribution in [0.4, 0.5) is 4.79 Å². The fourth-order valence-electron chi connectivity index (χ4n) is 4.20. The van der Waals surface area contributed by atoms with Crippen LogP contribution < -0.4 is 5.32 Å². The van der Waals surface area contributed by atoms with Gasteiger partial charge in [0.05, 0.1) is 0 Å². The Morgan fingerprint density at radius 1 is 1.00 bits per heavy atom. The summed E-state index contributed by atoms with van der Waals surface area (Å²) < 4.78 is 5.42. The molecule has 6 heteroatoms. The third-order valence-corrected chi connectivity index (χ3v) is 7.12. The molecular weight excluding hydrogens is 392 g/mol. The SMILES string of the molecule is CCCCCCCCCCC(CC=C(C)C(=O)O)NC(=O)OCCN1C(C)(C)C1(C)C. The normalized spacial score (nSPS) is 18.5. The fourth-order valence-corrected chi connectivity index (χ4v) is 4.20. The number of nitrogens with one attached hydrogen (secondary N) is 1. The van der Waals surface area contributed by atoms with Gasteiger partial charge in [0, 0.05) is 29.2 Å². The van der Waals surface area contributed by atoms with Crippen LogP contribution >= 0.6 is 0 Å². The summed E-state index contributed by atoms with van der Waals surface area (Å²) in [4.78, 5) is 25.7. The van der Waals surface area contributed by atoms with Crippen LogP contribution in [-0.4, -0.2) is 52.3 Å². The molecule has 0 aromatic rings. The number of unbranched alkanes of at least 4 members (excludes halogenated alkanes) is 7. The molecule has 1 atom stereocenters. The number of aliphatic carboxylic acids is 1. The smallest absolute Gasteiger partial charge is 0.407 e. The monoisotopic (exact) mass is 438 g/mol. The fraction of sp³-hybridized carbons (Fsp3) is 0.840. The van der Waals surface area contributed by atoms with E-state index in [9.17, 15) is 9.59 Å². The second kappa shape index (κ2) is 13.1. The first-order valence-corrected chi connectivity index (χ1v) is 12.1. The summed E-state index contributed by atoms with van der Waals surface area (Å²) in [7, 11) is 0. The number of carbonyl (C=O) groups is 2. The Morgan fingerprint density at radius 2 is 1.55 bits per heavy atom. The van der Waals surface area contributed by atoms with E-state index in [4.69, 9.17) is 9.84 Å². The Morgan fingerprint density at radius 3 is 2.06 bits per heavy atom. The number of hydrogen-bond donors (Lipinski definition) is 2. The minimum absolute atomic E-state index is 0.101. The van der Waals surface area contributed by atoms with Gasteiger partial charge in [-0.1, -0.05) is 64.4 Å². The molecule has 1 fully saturated rings. The maximum Gasteiger partial charge on any atom is 0.407 e. The number of carboxylic acid groups (broad SMARTS) is 1. The van der Waals surface area contributed by atoms with Gasteiger partial charge in [-0.25, -0.2) is 9.59 Å². The van der Waals surface area contributed by atoms with Crippen molar-refractivity contribution in [1.82, 2.24) is 10.2 Å². The number of rotatable bonds is 16. The predicted octanol–water partition coefficient (Wildman–Crippen LogP) is 5.91. The van der Waals surface area contributed by atoms with Crippen molar-refractivity contribution in [2.24, 2.45) is 0 Å². The van der Waals surface area contributed by atoms with Crippen LogP contribution in [0.3, 0.4) is 0 Å². The zero-order valence-electron chi connectivity index (χ0n) is 20.8. The molecule has 31 heavy (non-hydrogen) atoms. The standard InChI is InChI=1S/C25H46N2O4/c1-7-8-9-10-11-12-13-14-15-21(17-16-20(2)22(28)29)26-23(30)31-19-18-27-24(3,4)25(27,5)6/h16,21H,7-15,17-19H2,1-6H3,(H,26,30)(H,28,29). The Hall–Kier alpha value is -1.56. The quantitative estimate of drug-likeness (QED) is 0.178. The van der Waals surface area contributed by atoms with Gasteiger partial charge in [-0.3, -0.25) is 4.90 Å². The third kappa shape index (κ3) is 9.22. The lowest BCUT2D eigenvalue weighted by Gasteiger charge is -2.18. The zero-order valence-corrected chi connectivity index (χ0v) is 20.8. The van der Waals surface area contributed by atoms with Gasteiger partial charge in [-0.15, -0.1) is 0 Å². The number of alkyl carbamates (subject to hydrolysis) is 1. The molecule has 0 aromatic carbocycles. The van der Waals surface area contributed by atoms with E-state index in [0.717, 1.165) is 19.3 Å². The summed E-state index contributed by atoms with van der Waals surface area (Å²) in [5.41, 5.74) is 0.568. The van der Waals surface area contributed by atoms with Crippen LogP contribution in [-0.2, 0) is 9.53 Å². The summed E-state index contributed by atoms with van der Waals surface area (Å²) in [6, 6.07) is -0.101. The number of carboxylic acids is 1. The molecule has 1 amide bonds. The lowest BCUT2D eigenvalue weighted by molar-refractivity contribution is -0.132. The molecular formula is C25H46N2O4. The highest BCUT2D eigenvalue weighted by molar-refractivity contribution is 5.85. The average Bonchev–Trinajstić information content (AvgIpc) is 3.09. The summed E-state index contributed by atoms with van der Waals surface area (Å²) in [5, 5.41) is 12.0. The molecule has 180 valence electrons. The molecule has 1 saturated heterocycles. The van der Waals surface area contributed by atoms with Crippen molar-refractivity contribution in [2.75, 3.05) is 13.2 Å². The molecule has 0 aliphatic carbocycles. The minimum atomic E-state index is -0.919. The summed E-state index contributed by atoms with van der Waals surface area (Å²) in [6.07, 6.45) is 12.5. The maximum atomic E-state index is 12.3. The molecule has 1 aliphatic heterocycles. The van der Waals surface area contributed by atoms with Crippen molar-refractivity contribution in [3.63, 3.8) is 0 Å². The van der Waals surface area contributed by atoms with Crippen LogP contribution in [0, 0.1) is 0 Å². The first kappa shape index (κ1) is 27.5. The molecule has 1 rings (SSSR count). The van der Waals surface area contributed by atoms with Crippen LogP contribution in [0.5, 0.6) is 0 Å². The number of amides is 1. The number of hydrogen-bond acceptors (Lipinski definition) is 4. The predicted molar refractivity (Wildman–Crippen MR) is 126 cm³/mol. The van der Waals surface area contributed by atoms with Crippen molar-refractivity contribution >= 4 is 12.1 Å². The second-order valence-corrected chi connectivity index (χ2v) is 9.94. The Kier molecular flexibility index (Phi) is 11.6. The third-order valence-electron chi connectivity index (χ3n) is 7.12. The molecule has 0 spiro atoms. The lowest BCUT2D eigenvalue weighted by atomic mass is 10.0. The van der Waals surface area contributed by atoms with Crippen LogP contribution in [0.2, 0.25) is 0 Å². The van der Waals surface area contributed by atoms with Crippen molar-refractivity contribution in [2.45, 2.75) is 123 Å². The summed E-state index contributed by atoms with van der Waals surface area (Å²) in [6.45, 7) is 13.7. The highest BCUT2D eigenvalue weighted by Gasteiger charge is 2.62. The first-order valence-electron chi connectivity index (χ1n) is 12.1. The molecule has 0 bridgehead atoms. The number of ether oxygens (including phenoxy) is 1. The van der Waals surface area contributed by atoms with Crippen molar-refractivity contribution in [3.8, 4) is 0 Å². The summed E-state index contributed by atoms with van der Waals surface area (Å²) in [5.74, 6) is -0.919. The second-order valence-electron chi connectivity index (χ2n) is 9.94. The van der Waals surface area contributed by atoms with Gasteiger partial charge in [-0.05, 0) is 47.5 Å². The van der Waals surface area contributed by atoms with Gasteiger partial charge < -0.3 is 15.2 Å². The van der Waals surface area contributed by atoms with E-state index in [1.165, 1.54) is 38.5 Å². The number of carbonyl (C=O) groups excluding carboxylic acids is 1. The Labute approximate surface area is 189 Å². The van der Waals surface area contributed by atoms with E-state index in [1.807, 2.05) is 0 Å². The van der Waals surface area contributed by atoms with Crippen LogP contribution in [0.25, 0.3) is 0 Å². The maximum absolute atomic E-state index is 12.3. The van der Waals surface area contributed by atoms with Crippen LogP contribution in [0.1, 0.15) is 106 Å². The van der Waals surface area contributed by atoms with Gasteiger partial charge in [0.2, 0.25) is 0 Å². The average molecular weight is 439 g/mol. The zero-order chi connectivity index (χ0) is 23.5. The molecule has 0 radical (unpaired) electrons. The molecule has 1 unspecified atom stereocenters. The van der Waals surface area contributed by atoms with Crippen molar-refractivity contribution < 1.29 is 19.4 Å². The molecule has 1 aliphatic rings. The van der Waals surface area contributed by atoms with Gasteiger partial charge in [0.25, 0.3) is 0 Å². The van der Waals surface area contributed by atoms with E-state index in [-0.39, 0.29) is 17.1 Å². The van der Waals surface area contributed by atoms with E-state index in [0.29, 0.717) is 25.1 Å². The topological polar surface area (TPSA) is 78.6 Å². The Bertz CT molecular complexity index is 584. The number of nitrogens with zero attached hydrogens (tertiary/aromatic N) is 1. The minimum Gasteiger partial charge on any atom is -0.478 e. The van der Waals surface area contributed by atoms with E-state index >= 15 is 0 Å². The largest absolute Gasteiger partial charge is 0.478 e. The Balaban J connectivity index is 2.38. The van der Waals surface area contributed by atoms with Gasteiger partial charge in [0.1, 0.15) is 6.61 Å².